The van der Waals surface area contributed by atoms with Crippen LogP contribution >= 0.6 is 7.94 Å². The van der Waals surface area contributed by atoms with E-state index < -0.39 is 61.3 Å². The number of aromatic nitrogens is 1. The second-order valence-corrected chi connectivity index (χ2v) is 14.9. The van der Waals surface area contributed by atoms with Crippen molar-refractivity contribution >= 4 is 53.3 Å². The number of nitrogens with zero attached hydrogens (tertiary/aromatic N) is 2. The van der Waals surface area contributed by atoms with Gasteiger partial charge in [0, 0.05) is 58.5 Å². The van der Waals surface area contributed by atoms with Crippen LogP contribution in [0.15, 0.2) is 71.9 Å². The number of carbonyl (C=O) groups is 3. The van der Waals surface area contributed by atoms with Crippen molar-refractivity contribution in [2.24, 2.45) is 22.7 Å². The van der Waals surface area contributed by atoms with E-state index in [1.807, 2.05) is 50.2 Å². The van der Waals surface area contributed by atoms with E-state index in [-0.39, 0.29) is 61.3 Å². The molecule has 0 spiro atoms. The molecule has 0 aliphatic carbocycles. The Morgan fingerprint density at radius 2 is 1.69 bits per heavy atom. The van der Waals surface area contributed by atoms with Crippen LogP contribution in [0.5, 0.6) is 0 Å². The Kier molecular flexibility index (Phi) is 11.3. The van der Waals surface area contributed by atoms with E-state index >= 15 is 0 Å². The molecule has 0 saturated carbocycles. The Bertz CT molecular complexity index is 1860. The summed E-state index contributed by atoms with van der Waals surface area (Å²) in [5, 5.41) is 28.5. The standard InChI is InChI=1S/C35H39N4O8P.Na/c1-19(2)15-21-16-28(31(40)37-29(35(43)44)17-22-18-36-27-12-4-3-9-23(22)27)38-32(48(45,46)47)24(21)13-14-39-33(41)25-10-5-7-20-8-6-11-26(30(20)25)34(39)42;/h3-12,18-19,21,24,28-29,32,36,38H,13-17H2,1-2H3,(H,37,40)(H,43,44)(H2,45,46,47);/q;+1/p-1/t21-,24+,28-,29-,32+;/m0./s1. The molecule has 6 rings (SSSR count). The van der Waals surface area contributed by atoms with Crippen molar-refractivity contribution in [3.8, 4) is 0 Å². The summed E-state index contributed by atoms with van der Waals surface area (Å²) >= 11 is 0. The van der Waals surface area contributed by atoms with Crippen LogP contribution in [0.3, 0.4) is 0 Å². The molecular weight excluding hydrogens is 658 g/mol. The van der Waals surface area contributed by atoms with Crippen molar-refractivity contribution < 1.29 is 68.8 Å². The van der Waals surface area contributed by atoms with Crippen LogP contribution in [0.1, 0.15) is 59.4 Å². The van der Waals surface area contributed by atoms with Gasteiger partial charge in [0.05, 0.1) is 0 Å². The van der Waals surface area contributed by atoms with Crippen LogP contribution in [0.2, 0.25) is 0 Å². The summed E-state index contributed by atoms with van der Waals surface area (Å²) < 4.78 is 0. The van der Waals surface area contributed by atoms with E-state index in [0.29, 0.717) is 28.5 Å². The summed E-state index contributed by atoms with van der Waals surface area (Å²) in [7, 11) is -4.89. The topological polar surface area (TPSA) is 201 Å². The molecule has 1 fully saturated rings. The summed E-state index contributed by atoms with van der Waals surface area (Å²) in [6.07, 6.45) is 2.39. The minimum atomic E-state index is -4.89. The average Bonchev–Trinajstić information content (AvgIpc) is 3.45. The van der Waals surface area contributed by atoms with Gasteiger partial charge in [-0.2, -0.15) is 0 Å². The summed E-state index contributed by atoms with van der Waals surface area (Å²) in [6.45, 7) is 3.85. The summed E-state index contributed by atoms with van der Waals surface area (Å²) in [5.74, 6) is -5.49. The van der Waals surface area contributed by atoms with Gasteiger partial charge in [0.1, 0.15) is 6.04 Å². The molecule has 2 aliphatic heterocycles. The van der Waals surface area contributed by atoms with E-state index in [2.05, 4.69) is 15.3 Å². The molecule has 2 aliphatic rings. The molecule has 1 saturated heterocycles. The maximum absolute atomic E-state index is 13.6. The minimum Gasteiger partial charge on any atom is -0.861 e. The molecule has 0 bridgehead atoms. The molecule has 3 aromatic carbocycles. The summed E-state index contributed by atoms with van der Waals surface area (Å²) in [6, 6.07) is 15.3. The fourth-order valence-electron chi connectivity index (χ4n) is 7.42. The van der Waals surface area contributed by atoms with E-state index in [9.17, 15) is 39.3 Å². The van der Waals surface area contributed by atoms with Gasteiger partial charge in [0.25, 0.3) is 11.8 Å². The molecule has 4 aromatic rings. The number of carbonyl (C=O) groups excluding carboxylic acids is 2. The maximum Gasteiger partial charge on any atom is 1.00 e. The normalized spacial score (nSPS) is 22.1. The molecule has 5 N–H and O–H groups in total. The molecule has 2 amide bonds. The van der Waals surface area contributed by atoms with Crippen LogP contribution in [-0.2, 0) is 11.2 Å². The van der Waals surface area contributed by atoms with Crippen LogP contribution < -0.4 is 44.9 Å². The van der Waals surface area contributed by atoms with Crippen LogP contribution in [-0.4, -0.2) is 72.9 Å². The van der Waals surface area contributed by atoms with E-state index in [4.69, 9.17) is 0 Å². The zero-order chi connectivity index (χ0) is 34.3. The molecule has 1 aromatic heterocycles. The van der Waals surface area contributed by atoms with Gasteiger partial charge in [-0.3, -0.25) is 24.8 Å². The third-order valence-corrected chi connectivity index (χ3v) is 10.8. The quantitative estimate of drug-likeness (QED) is 0.0465. The number of aromatic amines is 1. The van der Waals surface area contributed by atoms with Gasteiger partial charge >= 0.3 is 35.5 Å². The predicted octanol–water partition coefficient (Wildman–Crippen LogP) is -0.160. The number of nitrogens with one attached hydrogen (secondary N) is 2. The number of piperidine rings is 1. The zero-order valence-corrected chi connectivity index (χ0v) is 30.5. The molecule has 5 atom stereocenters. The third kappa shape index (κ3) is 7.62. The van der Waals surface area contributed by atoms with Crippen molar-refractivity contribution in [2.45, 2.75) is 57.4 Å². The van der Waals surface area contributed by atoms with Crippen molar-refractivity contribution in [3.63, 3.8) is 0 Å². The first kappa shape index (κ1) is 37.1. The molecule has 0 unspecified atom stereocenters. The van der Waals surface area contributed by atoms with E-state index in [1.54, 1.807) is 30.5 Å². The molecule has 3 heterocycles. The van der Waals surface area contributed by atoms with Crippen LogP contribution in [0.25, 0.3) is 21.7 Å². The van der Waals surface area contributed by atoms with Gasteiger partial charge in [0.15, 0.2) is 5.78 Å². The van der Waals surface area contributed by atoms with Crippen molar-refractivity contribution in [2.75, 3.05) is 6.54 Å². The van der Waals surface area contributed by atoms with Gasteiger partial charge in [-0.25, -0.2) is 14.6 Å². The first-order valence-corrected chi connectivity index (χ1v) is 17.7. The second kappa shape index (κ2) is 15.0. The monoisotopic (exact) mass is 696 g/mol. The first-order chi connectivity index (χ1) is 22.8. The van der Waals surface area contributed by atoms with Gasteiger partial charge in [0.2, 0.25) is 7.94 Å². The SMILES string of the molecule is CC(C)C[C@H]1C[C@@H](C([O-])=N[C@@H](Cc2c[nH]c3ccccc23)C(=O)O)N[C@H]([P+]([O-])(O)O)[C@@H]1CCN1C(=O)c2cccc3cccc(c23)C1=O.[Na+]. The molecule has 14 heteroatoms. The Hall–Kier alpha value is -3.19. The fraction of sp³-hybridized carbons (Fsp3) is 0.371. The Morgan fingerprint density at radius 3 is 2.31 bits per heavy atom. The summed E-state index contributed by atoms with van der Waals surface area (Å²) in [5.41, 5.74) is 2.28. The number of benzene rings is 3. The smallest absolute Gasteiger partial charge is 0.861 e. The number of aliphatic carboxylic acids is 1. The number of para-hydroxylation sites is 1. The predicted molar refractivity (Wildman–Crippen MR) is 178 cm³/mol. The van der Waals surface area contributed by atoms with Crippen LogP contribution in [0.4, 0.5) is 0 Å². The van der Waals surface area contributed by atoms with Gasteiger partial charge in [-0.1, -0.05) is 56.3 Å². The molecule has 252 valence electrons. The molecule has 12 nitrogen and oxygen atoms in total. The number of hydrogen-bond acceptors (Lipinski definition) is 9. The van der Waals surface area contributed by atoms with Gasteiger partial charge in [-0.05, 0) is 66.1 Å². The minimum absolute atomic E-state index is 0. The fourth-order valence-corrected chi connectivity index (χ4v) is 8.69. The van der Waals surface area contributed by atoms with Gasteiger partial charge in [-0.15, -0.1) is 0 Å². The second-order valence-electron chi connectivity index (χ2n) is 13.2. The number of carboxylic acid groups (broad SMARTS) is 1. The third-order valence-electron chi connectivity index (χ3n) is 9.55. The largest absolute Gasteiger partial charge is 1.00 e. The number of rotatable bonds is 11. The first-order valence-electron chi connectivity index (χ1n) is 16.0. The van der Waals surface area contributed by atoms with E-state index in [1.165, 1.54) is 0 Å². The number of H-pyrrole nitrogens is 1. The number of carboxylic acids is 1. The van der Waals surface area contributed by atoms with Crippen molar-refractivity contribution in [1.29, 1.82) is 0 Å². The number of amides is 2. The maximum atomic E-state index is 13.6. The number of imide groups is 1. The number of fused-ring (bicyclic) bond motifs is 1. The van der Waals surface area contributed by atoms with E-state index in [0.717, 1.165) is 21.2 Å². The Labute approximate surface area is 306 Å². The zero-order valence-electron chi connectivity index (χ0n) is 27.6. The van der Waals surface area contributed by atoms with Crippen LogP contribution in [0, 0.1) is 17.8 Å². The molecule has 49 heavy (non-hydrogen) atoms. The average molecular weight is 697 g/mol. The van der Waals surface area contributed by atoms with Crippen molar-refractivity contribution in [3.05, 3.63) is 83.6 Å². The van der Waals surface area contributed by atoms with Crippen molar-refractivity contribution in [1.82, 2.24) is 15.2 Å². The Morgan fingerprint density at radius 1 is 1.04 bits per heavy atom. The molecule has 0 radical (unpaired) electrons. The number of aliphatic imine (C=N–C) groups is 1. The summed E-state index contributed by atoms with van der Waals surface area (Å²) in [4.78, 5) is 81.6. The van der Waals surface area contributed by atoms with Gasteiger partial charge < -0.3 is 20.1 Å². The number of hydrogen-bond donors (Lipinski definition) is 5. The molecular formula is C35H38N4NaO8P. The Balaban J connectivity index is 0.00000468.